The summed E-state index contributed by atoms with van der Waals surface area (Å²) in [6, 6.07) is 0. The first-order valence-corrected chi connectivity index (χ1v) is 9.08. The molecule has 0 saturated carbocycles. The van der Waals surface area contributed by atoms with E-state index >= 15 is 0 Å². The summed E-state index contributed by atoms with van der Waals surface area (Å²) in [5, 5.41) is 3.13. The summed E-state index contributed by atoms with van der Waals surface area (Å²) in [7, 11) is -1.37. The van der Waals surface area contributed by atoms with Crippen LogP contribution in [0.4, 0.5) is 0 Å². The number of nitrogens with zero attached hydrogens (tertiary/aromatic N) is 1. The lowest BCUT2D eigenvalue weighted by atomic mass is 10.8. The van der Waals surface area contributed by atoms with Gasteiger partial charge in [-0.15, -0.1) is 11.3 Å². The van der Waals surface area contributed by atoms with Crippen molar-refractivity contribution in [2.45, 2.75) is 26.2 Å². The first-order chi connectivity index (χ1) is 5.47. The van der Waals surface area contributed by atoms with Crippen LogP contribution < -0.4 is 0 Å². The summed E-state index contributed by atoms with van der Waals surface area (Å²) in [5.74, 6) is 0. The van der Waals surface area contributed by atoms with Gasteiger partial charge in [-0.1, -0.05) is 0 Å². The standard InChI is InChI=1S/C7H12INOSSi/c1-12(2,3)10-4-7-9-6(8)5-11-7/h5H,4H2,1-3H3. The monoisotopic (exact) mass is 313 g/mol. The number of hydrogen-bond acceptors (Lipinski definition) is 3. The SMILES string of the molecule is C[Si](C)(C)OCc1nc(I)cs1. The number of halogens is 1. The minimum atomic E-state index is -1.37. The van der Waals surface area contributed by atoms with Crippen LogP contribution in [0.1, 0.15) is 5.01 Å². The fourth-order valence-corrected chi connectivity index (χ4v) is 2.71. The summed E-state index contributed by atoms with van der Waals surface area (Å²) < 4.78 is 6.77. The third-order valence-electron chi connectivity index (χ3n) is 1.15. The highest BCUT2D eigenvalue weighted by atomic mass is 127. The van der Waals surface area contributed by atoms with Gasteiger partial charge >= 0.3 is 0 Å². The molecule has 2 nitrogen and oxygen atoms in total. The molecule has 68 valence electrons. The van der Waals surface area contributed by atoms with Gasteiger partial charge in [-0.2, -0.15) is 0 Å². The molecule has 0 radical (unpaired) electrons. The zero-order valence-electron chi connectivity index (χ0n) is 7.43. The lowest BCUT2D eigenvalue weighted by Gasteiger charge is -2.15. The molecule has 12 heavy (non-hydrogen) atoms. The van der Waals surface area contributed by atoms with Gasteiger partial charge in [0, 0.05) is 5.38 Å². The molecule has 0 unspecified atom stereocenters. The summed E-state index contributed by atoms with van der Waals surface area (Å²) in [6.45, 7) is 7.24. The molecule has 0 saturated heterocycles. The van der Waals surface area contributed by atoms with Crippen molar-refractivity contribution in [3.05, 3.63) is 14.1 Å². The largest absolute Gasteiger partial charge is 0.411 e. The van der Waals surface area contributed by atoms with Crippen molar-refractivity contribution in [1.82, 2.24) is 4.98 Å². The van der Waals surface area contributed by atoms with E-state index in [0.717, 1.165) is 8.71 Å². The fraction of sp³-hybridized carbons (Fsp3) is 0.571. The molecule has 0 aromatic carbocycles. The molecule has 1 aromatic rings. The Kier molecular flexibility index (Phi) is 3.68. The average molecular weight is 313 g/mol. The van der Waals surface area contributed by atoms with Gasteiger partial charge < -0.3 is 4.43 Å². The summed E-state index contributed by atoms with van der Waals surface area (Å²) in [5.41, 5.74) is 0. The Hall–Kier alpha value is 0.537. The molecule has 0 amide bonds. The van der Waals surface area contributed by atoms with Gasteiger partial charge in [0.1, 0.15) is 8.71 Å². The third-order valence-corrected chi connectivity index (χ3v) is 3.96. The Morgan fingerprint density at radius 2 is 2.25 bits per heavy atom. The molecule has 1 rings (SSSR count). The molecule has 1 aromatic heterocycles. The third kappa shape index (κ3) is 3.97. The van der Waals surface area contributed by atoms with E-state index in [1.165, 1.54) is 0 Å². The fourth-order valence-electron chi connectivity index (χ4n) is 0.633. The molecule has 0 N–H and O–H groups in total. The van der Waals surface area contributed by atoms with Crippen molar-refractivity contribution in [1.29, 1.82) is 0 Å². The number of rotatable bonds is 3. The maximum Gasteiger partial charge on any atom is 0.184 e. The minimum Gasteiger partial charge on any atom is -0.411 e. The lowest BCUT2D eigenvalue weighted by Crippen LogP contribution is -2.24. The van der Waals surface area contributed by atoms with E-state index in [-0.39, 0.29) is 0 Å². The summed E-state index contributed by atoms with van der Waals surface area (Å²) >= 11 is 3.89. The summed E-state index contributed by atoms with van der Waals surface area (Å²) in [6.07, 6.45) is 0. The molecular weight excluding hydrogens is 301 g/mol. The molecule has 0 spiro atoms. The molecule has 0 fully saturated rings. The number of thiazole rings is 1. The Bertz CT molecular complexity index is 258. The highest BCUT2D eigenvalue weighted by molar-refractivity contribution is 14.1. The van der Waals surface area contributed by atoms with Gasteiger partial charge in [0.05, 0.1) is 6.61 Å². The van der Waals surface area contributed by atoms with Crippen molar-refractivity contribution < 1.29 is 4.43 Å². The van der Waals surface area contributed by atoms with E-state index in [1.807, 2.05) is 5.38 Å². The topological polar surface area (TPSA) is 22.1 Å². The minimum absolute atomic E-state index is 0.684. The van der Waals surface area contributed by atoms with E-state index in [1.54, 1.807) is 11.3 Å². The highest BCUT2D eigenvalue weighted by Crippen LogP contribution is 2.14. The zero-order valence-corrected chi connectivity index (χ0v) is 11.4. The van der Waals surface area contributed by atoms with E-state index in [0.29, 0.717) is 6.61 Å². The van der Waals surface area contributed by atoms with Crippen LogP contribution in [-0.2, 0) is 11.0 Å². The van der Waals surface area contributed by atoms with Crippen molar-refractivity contribution in [2.75, 3.05) is 0 Å². The first kappa shape index (κ1) is 10.6. The molecule has 1 heterocycles. The second-order valence-corrected chi connectivity index (χ2v) is 10.0. The van der Waals surface area contributed by atoms with Gasteiger partial charge in [0.25, 0.3) is 0 Å². The van der Waals surface area contributed by atoms with Crippen LogP contribution in [-0.4, -0.2) is 13.3 Å². The van der Waals surface area contributed by atoms with Gasteiger partial charge in [-0.3, -0.25) is 0 Å². The van der Waals surface area contributed by atoms with Crippen molar-refractivity contribution in [3.8, 4) is 0 Å². The van der Waals surface area contributed by atoms with Crippen molar-refractivity contribution >= 4 is 42.2 Å². The van der Waals surface area contributed by atoms with Gasteiger partial charge in [0.2, 0.25) is 0 Å². The van der Waals surface area contributed by atoms with Crippen LogP contribution in [0, 0.1) is 3.70 Å². The van der Waals surface area contributed by atoms with Crippen LogP contribution in [0.2, 0.25) is 19.6 Å². The van der Waals surface area contributed by atoms with Crippen LogP contribution in [0.25, 0.3) is 0 Å². The van der Waals surface area contributed by atoms with Gasteiger partial charge in [0.15, 0.2) is 8.32 Å². The Labute approximate surface area is 91.6 Å². The Morgan fingerprint density at radius 3 is 2.67 bits per heavy atom. The van der Waals surface area contributed by atoms with Crippen molar-refractivity contribution in [2.24, 2.45) is 0 Å². The number of hydrogen-bond donors (Lipinski definition) is 0. The predicted molar refractivity (Wildman–Crippen MR) is 63.0 cm³/mol. The highest BCUT2D eigenvalue weighted by Gasteiger charge is 2.14. The molecule has 5 heteroatoms. The van der Waals surface area contributed by atoms with Crippen molar-refractivity contribution in [3.63, 3.8) is 0 Å². The van der Waals surface area contributed by atoms with Crippen LogP contribution in [0.3, 0.4) is 0 Å². The Morgan fingerprint density at radius 1 is 1.58 bits per heavy atom. The molecule has 0 bridgehead atoms. The molecular formula is C7H12INOSSi. The Balaban J connectivity index is 2.44. The summed E-state index contributed by atoms with van der Waals surface area (Å²) in [4.78, 5) is 4.32. The molecule has 0 aliphatic rings. The molecule has 0 aliphatic carbocycles. The van der Waals surface area contributed by atoms with Gasteiger partial charge in [-0.25, -0.2) is 4.98 Å². The van der Waals surface area contributed by atoms with E-state index < -0.39 is 8.32 Å². The second-order valence-electron chi connectivity index (χ2n) is 3.47. The smallest absolute Gasteiger partial charge is 0.184 e. The molecule has 0 atom stereocenters. The van der Waals surface area contributed by atoms with Gasteiger partial charge in [-0.05, 0) is 42.2 Å². The van der Waals surface area contributed by atoms with Crippen LogP contribution in [0.15, 0.2) is 5.38 Å². The van der Waals surface area contributed by atoms with E-state index in [9.17, 15) is 0 Å². The van der Waals surface area contributed by atoms with E-state index in [4.69, 9.17) is 4.43 Å². The zero-order chi connectivity index (χ0) is 9.19. The quantitative estimate of drug-likeness (QED) is 0.632. The van der Waals surface area contributed by atoms with Crippen LogP contribution in [0.5, 0.6) is 0 Å². The van der Waals surface area contributed by atoms with E-state index in [2.05, 4.69) is 47.2 Å². The predicted octanol–water partition coefficient (Wildman–Crippen LogP) is 3.10. The average Bonchev–Trinajstić information content (AvgIpc) is 2.30. The molecule has 0 aliphatic heterocycles. The maximum absolute atomic E-state index is 5.71. The van der Waals surface area contributed by atoms with Crippen LogP contribution >= 0.6 is 33.9 Å². The lowest BCUT2D eigenvalue weighted by molar-refractivity contribution is 0.298. The maximum atomic E-state index is 5.71. The number of aromatic nitrogens is 1. The normalized spacial score (nSPS) is 12.0. The first-order valence-electron chi connectivity index (χ1n) is 3.71. The second kappa shape index (κ2) is 4.16.